The summed E-state index contributed by atoms with van der Waals surface area (Å²) in [4.78, 5) is 0. The Morgan fingerprint density at radius 1 is 1.56 bits per heavy atom. The minimum Gasteiger partial charge on any atom is -0.512 e. The second-order valence-corrected chi connectivity index (χ2v) is 1.93. The van der Waals surface area contributed by atoms with Crippen LogP contribution in [0.15, 0.2) is 24.0 Å². The van der Waals surface area contributed by atoms with Crippen molar-refractivity contribution in [1.82, 2.24) is 0 Å². The maximum absolute atomic E-state index is 8.99. The molecule has 1 nitrogen and oxygen atoms in total. The van der Waals surface area contributed by atoms with E-state index in [1.165, 1.54) is 0 Å². The molecule has 0 atom stereocenters. The van der Waals surface area contributed by atoms with E-state index in [9.17, 15) is 0 Å². The molecule has 0 aromatic heterocycles. The summed E-state index contributed by atoms with van der Waals surface area (Å²) in [6, 6.07) is 0. The van der Waals surface area contributed by atoms with E-state index in [1.807, 2.05) is 26.0 Å². The Morgan fingerprint density at radius 3 is 2.67 bits per heavy atom. The summed E-state index contributed by atoms with van der Waals surface area (Å²) in [5.74, 6) is 0.468. The second kappa shape index (κ2) is 5.42. The van der Waals surface area contributed by atoms with E-state index in [1.54, 1.807) is 6.08 Å². The summed E-state index contributed by atoms with van der Waals surface area (Å²) >= 11 is 0. The van der Waals surface area contributed by atoms with Gasteiger partial charge in [0, 0.05) is 6.42 Å². The number of allylic oxidation sites excluding steroid dienone is 4. The fraction of sp³-hybridized carbons (Fsp3) is 0.500. The lowest BCUT2D eigenvalue weighted by Gasteiger charge is -1.91. The number of hydrogen-bond donors (Lipinski definition) is 1. The van der Waals surface area contributed by atoms with E-state index >= 15 is 0 Å². The van der Waals surface area contributed by atoms with Crippen LogP contribution in [0, 0.1) is 0 Å². The first-order chi connectivity index (χ1) is 4.31. The van der Waals surface area contributed by atoms with Crippen LogP contribution in [-0.2, 0) is 0 Å². The fourth-order valence-corrected chi connectivity index (χ4v) is 0.547. The Hall–Kier alpha value is -0.720. The topological polar surface area (TPSA) is 20.2 Å². The molecule has 0 aliphatic heterocycles. The summed E-state index contributed by atoms with van der Waals surface area (Å²) in [7, 11) is 0. The quantitative estimate of drug-likeness (QED) is 0.455. The average Bonchev–Trinajstić information content (AvgIpc) is 1.85. The van der Waals surface area contributed by atoms with Crippen molar-refractivity contribution < 1.29 is 5.11 Å². The van der Waals surface area contributed by atoms with Gasteiger partial charge in [-0.3, -0.25) is 0 Å². The van der Waals surface area contributed by atoms with Gasteiger partial charge in [0.15, 0.2) is 0 Å². The molecular weight excluding hydrogens is 112 g/mol. The molecule has 1 N–H and O–H groups in total. The van der Waals surface area contributed by atoms with E-state index in [2.05, 4.69) is 0 Å². The normalized spacial score (nSPS) is 12.9. The Labute approximate surface area is 56.7 Å². The average molecular weight is 126 g/mol. The third kappa shape index (κ3) is 5.15. The molecule has 0 unspecified atom stereocenters. The van der Waals surface area contributed by atoms with Gasteiger partial charge in [0.25, 0.3) is 0 Å². The van der Waals surface area contributed by atoms with E-state index in [0.29, 0.717) is 5.76 Å². The summed E-state index contributed by atoms with van der Waals surface area (Å²) in [6.07, 6.45) is 7.24. The molecule has 0 amide bonds. The molecule has 0 aliphatic rings. The van der Waals surface area contributed by atoms with E-state index in [4.69, 9.17) is 5.11 Å². The number of aliphatic hydroxyl groups is 1. The minimum atomic E-state index is 0.468. The summed E-state index contributed by atoms with van der Waals surface area (Å²) in [5, 5.41) is 8.99. The monoisotopic (exact) mass is 126 g/mol. The van der Waals surface area contributed by atoms with Crippen molar-refractivity contribution in [3.8, 4) is 0 Å². The van der Waals surface area contributed by atoms with Crippen LogP contribution in [0.1, 0.15) is 26.7 Å². The number of hydrogen-bond acceptors (Lipinski definition) is 1. The summed E-state index contributed by atoms with van der Waals surface area (Å²) in [6.45, 7) is 3.97. The Morgan fingerprint density at radius 2 is 2.22 bits per heavy atom. The number of rotatable bonds is 3. The third-order valence-electron chi connectivity index (χ3n) is 0.987. The molecule has 9 heavy (non-hydrogen) atoms. The van der Waals surface area contributed by atoms with Gasteiger partial charge in [0.2, 0.25) is 0 Å². The van der Waals surface area contributed by atoms with Gasteiger partial charge in [0.05, 0.1) is 5.76 Å². The summed E-state index contributed by atoms with van der Waals surface area (Å²) in [5.41, 5.74) is 0. The molecule has 0 radical (unpaired) electrons. The molecule has 0 saturated carbocycles. The molecular formula is C8H14O. The van der Waals surface area contributed by atoms with E-state index < -0.39 is 0 Å². The van der Waals surface area contributed by atoms with Crippen LogP contribution in [0.5, 0.6) is 0 Å². The smallest absolute Gasteiger partial charge is 0.0922 e. The highest BCUT2D eigenvalue weighted by molar-refractivity contribution is 5.05. The van der Waals surface area contributed by atoms with Crippen LogP contribution in [0.25, 0.3) is 0 Å². The third-order valence-corrected chi connectivity index (χ3v) is 0.987. The molecule has 0 saturated heterocycles. The first-order valence-corrected chi connectivity index (χ1v) is 3.32. The molecule has 0 spiro atoms. The van der Waals surface area contributed by atoms with Gasteiger partial charge in [-0.2, -0.15) is 0 Å². The van der Waals surface area contributed by atoms with Gasteiger partial charge in [0.1, 0.15) is 0 Å². The molecule has 0 aromatic rings. The molecule has 0 aliphatic carbocycles. The van der Waals surface area contributed by atoms with Gasteiger partial charge in [-0.15, -0.1) is 0 Å². The molecule has 52 valence electrons. The maximum atomic E-state index is 8.99. The lowest BCUT2D eigenvalue weighted by atomic mass is 10.3. The first kappa shape index (κ1) is 8.28. The van der Waals surface area contributed by atoms with Gasteiger partial charge in [-0.25, -0.2) is 0 Å². The zero-order valence-electron chi connectivity index (χ0n) is 6.09. The maximum Gasteiger partial charge on any atom is 0.0922 e. The van der Waals surface area contributed by atoms with Crippen molar-refractivity contribution >= 4 is 0 Å². The van der Waals surface area contributed by atoms with Crippen molar-refractivity contribution in [2.24, 2.45) is 0 Å². The largest absolute Gasteiger partial charge is 0.512 e. The predicted molar refractivity (Wildman–Crippen MR) is 40.4 cm³/mol. The van der Waals surface area contributed by atoms with Crippen LogP contribution in [0.4, 0.5) is 0 Å². The summed E-state index contributed by atoms with van der Waals surface area (Å²) < 4.78 is 0. The van der Waals surface area contributed by atoms with Crippen molar-refractivity contribution in [2.75, 3.05) is 0 Å². The molecule has 0 bridgehead atoms. The molecule has 1 heteroatoms. The SMILES string of the molecule is CC=CC=C(O)CCC. The highest BCUT2D eigenvalue weighted by Gasteiger charge is 1.84. The highest BCUT2D eigenvalue weighted by Crippen LogP contribution is 1.98. The van der Waals surface area contributed by atoms with Gasteiger partial charge in [-0.05, 0) is 19.4 Å². The van der Waals surface area contributed by atoms with Gasteiger partial charge < -0.3 is 5.11 Å². The lowest BCUT2D eigenvalue weighted by Crippen LogP contribution is -1.76. The second-order valence-electron chi connectivity index (χ2n) is 1.93. The van der Waals surface area contributed by atoms with Crippen molar-refractivity contribution in [1.29, 1.82) is 0 Å². The molecule has 0 aromatic carbocycles. The lowest BCUT2D eigenvalue weighted by molar-refractivity contribution is 0.387. The Bertz CT molecular complexity index is 112. The van der Waals surface area contributed by atoms with E-state index in [0.717, 1.165) is 12.8 Å². The van der Waals surface area contributed by atoms with Crippen molar-refractivity contribution in [3.05, 3.63) is 24.0 Å². The van der Waals surface area contributed by atoms with Crippen LogP contribution < -0.4 is 0 Å². The molecule has 0 rings (SSSR count). The van der Waals surface area contributed by atoms with Crippen molar-refractivity contribution in [3.63, 3.8) is 0 Å². The molecule has 0 heterocycles. The zero-order chi connectivity index (χ0) is 7.11. The molecule has 0 fully saturated rings. The number of aliphatic hydroxyl groups excluding tert-OH is 1. The van der Waals surface area contributed by atoms with Crippen LogP contribution in [-0.4, -0.2) is 5.11 Å². The van der Waals surface area contributed by atoms with Crippen LogP contribution in [0.2, 0.25) is 0 Å². The first-order valence-electron chi connectivity index (χ1n) is 3.32. The van der Waals surface area contributed by atoms with Crippen LogP contribution >= 0.6 is 0 Å². The minimum absolute atomic E-state index is 0.468. The van der Waals surface area contributed by atoms with Crippen molar-refractivity contribution in [2.45, 2.75) is 26.7 Å². The Balaban J connectivity index is 3.55. The Kier molecular flexibility index (Phi) is 4.98. The standard InChI is InChI=1S/C8H14O/c1-3-5-7-8(9)6-4-2/h3,5,7,9H,4,6H2,1-2H3. The highest BCUT2D eigenvalue weighted by atomic mass is 16.3. The predicted octanol–water partition coefficient (Wildman–Crippen LogP) is 2.80. The van der Waals surface area contributed by atoms with E-state index in [-0.39, 0.29) is 0 Å². The van der Waals surface area contributed by atoms with Gasteiger partial charge in [-0.1, -0.05) is 19.1 Å². The van der Waals surface area contributed by atoms with Crippen LogP contribution in [0.3, 0.4) is 0 Å². The zero-order valence-corrected chi connectivity index (χ0v) is 6.09. The van der Waals surface area contributed by atoms with Gasteiger partial charge >= 0.3 is 0 Å². The fourth-order valence-electron chi connectivity index (χ4n) is 0.547.